The lowest BCUT2D eigenvalue weighted by atomic mass is 10.1. The average Bonchev–Trinajstić information content (AvgIpc) is 2.81. The Morgan fingerprint density at radius 3 is 2.70 bits per heavy atom. The first-order chi connectivity index (χ1) is 9.56. The number of carbonyl (C=O) groups is 1. The fourth-order valence-corrected chi connectivity index (χ4v) is 3.14. The second-order valence-corrected chi connectivity index (χ2v) is 5.75. The molecule has 2 aromatic rings. The van der Waals surface area contributed by atoms with Gasteiger partial charge in [-0.05, 0) is 65.2 Å². The van der Waals surface area contributed by atoms with E-state index in [1.807, 2.05) is 18.2 Å². The molecule has 20 heavy (non-hydrogen) atoms. The zero-order chi connectivity index (χ0) is 14.3. The lowest BCUT2D eigenvalue weighted by Gasteiger charge is -2.21. The van der Waals surface area contributed by atoms with Gasteiger partial charge in [0.1, 0.15) is 5.82 Å². The van der Waals surface area contributed by atoms with Gasteiger partial charge in [0.2, 0.25) is 0 Å². The maximum absolute atomic E-state index is 13.4. The van der Waals surface area contributed by atoms with Crippen molar-refractivity contribution in [2.24, 2.45) is 0 Å². The Morgan fingerprint density at radius 1 is 1.20 bits per heavy atom. The molecule has 2 nitrogen and oxygen atoms in total. The first-order valence-electron chi connectivity index (χ1n) is 6.43. The van der Waals surface area contributed by atoms with Gasteiger partial charge in [0, 0.05) is 22.3 Å². The van der Waals surface area contributed by atoms with E-state index >= 15 is 0 Å². The van der Waals surface area contributed by atoms with E-state index in [0.29, 0.717) is 5.56 Å². The number of carbonyl (C=O) groups excluding carboxylic acids is 1. The quantitative estimate of drug-likeness (QED) is 0.755. The van der Waals surface area contributed by atoms with Crippen LogP contribution in [0.3, 0.4) is 0 Å². The van der Waals surface area contributed by atoms with Crippen molar-refractivity contribution in [3.63, 3.8) is 0 Å². The summed E-state index contributed by atoms with van der Waals surface area (Å²) in [5.74, 6) is -0.197. The van der Waals surface area contributed by atoms with Crippen LogP contribution in [0.25, 0.3) is 0 Å². The molecule has 0 saturated carbocycles. The monoisotopic (exact) mass is 333 g/mol. The number of benzene rings is 2. The Kier molecular flexibility index (Phi) is 3.34. The molecule has 1 aliphatic rings. The molecule has 0 amide bonds. The van der Waals surface area contributed by atoms with Crippen molar-refractivity contribution in [2.45, 2.75) is 13.3 Å². The van der Waals surface area contributed by atoms with Crippen molar-refractivity contribution in [3.05, 3.63) is 57.8 Å². The van der Waals surface area contributed by atoms with Crippen LogP contribution in [-0.4, -0.2) is 12.3 Å². The molecular weight excluding hydrogens is 321 g/mol. The summed E-state index contributed by atoms with van der Waals surface area (Å²) in [6.07, 6.45) is 0.899. The normalized spacial score (nSPS) is 13.4. The summed E-state index contributed by atoms with van der Waals surface area (Å²) in [6, 6.07) is 10.4. The van der Waals surface area contributed by atoms with Gasteiger partial charge in [0.15, 0.2) is 5.78 Å². The summed E-state index contributed by atoms with van der Waals surface area (Å²) in [5, 5.41) is 0. The Labute approximate surface area is 125 Å². The lowest BCUT2D eigenvalue weighted by molar-refractivity contribution is 0.101. The predicted molar refractivity (Wildman–Crippen MR) is 81.3 cm³/mol. The fraction of sp³-hybridized carbons (Fsp3) is 0.188. The minimum absolute atomic E-state index is 0.0325. The van der Waals surface area contributed by atoms with Crippen LogP contribution in [0, 0.1) is 5.82 Å². The standard InChI is InChI=1S/C16H13BrFNO/c1-10(20)12-3-5-15(14(17)8-12)19-7-6-11-2-4-13(18)9-16(11)19/h2-5,8-9H,6-7H2,1H3. The average molecular weight is 334 g/mol. The van der Waals surface area contributed by atoms with E-state index < -0.39 is 0 Å². The van der Waals surface area contributed by atoms with Crippen LogP contribution in [0.2, 0.25) is 0 Å². The molecule has 0 unspecified atom stereocenters. The van der Waals surface area contributed by atoms with Gasteiger partial charge in [-0.2, -0.15) is 0 Å². The van der Waals surface area contributed by atoms with Crippen LogP contribution in [0.1, 0.15) is 22.8 Å². The Morgan fingerprint density at radius 2 is 2.00 bits per heavy atom. The first kappa shape index (κ1) is 13.3. The summed E-state index contributed by atoms with van der Waals surface area (Å²) in [7, 11) is 0. The Balaban J connectivity index is 2.04. The molecule has 1 heterocycles. The molecule has 0 atom stereocenters. The maximum Gasteiger partial charge on any atom is 0.159 e. The molecule has 102 valence electrons. The lowest BCUT2D eigenvalue weighted by Crippen LogP contribution is -2.14. The van der Waals surface area contributed by atoms with Crippen LogP contribution < -0.4 is 4.90 Å². The summed E-state index contributed by atoms with van der Waals surface area (Å²) in [6.45, 7) is 2.36. The van der Waals surface area contributed by atoms with Crippen LogP contribution in [0.15, 0.2) is 40.9 Å². The summed E-state index contributed by atoms with van der Waals surface area (Å²) in [4.78, 5) is 13.5. The van der Waals surface area contributed by atoms with Crippen molar-refractivity contribution >= 4 is 33.1 Å². The van der Waals surface area contributed by atoms with Gasteiger partial charge in [-0.3, -0.25) is 4.79 Å². The van der Waals surface area contributed by atoms with Gasteiger partial charge in [0.05, 0.1) is 5.69 Å². The largest absolute Gasteiger partial charge is 0.340 e. The second kappa shape index (κ2) is 5.02. The highest BCUT2D eigenvalue weighted by atomic mass is 79.9. The molecule has 0 aliphatic carbocycles. The van der Waals surface area contributed by atoms with Gasteiger partial charge in [-0.25, -0.2) is 4.39 Å². The highest BCUT2D eigenvalue weighted by molar-refractivity contribution is 9.10. The molecule has 0 saturated heterocycles. The SMILES string of the molecule is CC(=O)c1ccc(N2CCc3ccc(F)cc32)c(Br)c1. The van der Waals surface area contributed by atoms with Gasteiger partial charge in [-0.1, -0.05) is 6.07 Å². The number of fused-ring (bicyclic) bond motifs is 1. The highest BCUT2D eigenvalue weighted by Gasteiger charge is 2.22. The second-order valence-electron chi connectivity index (χ2n) is 4.90. The predicted octanol–water partition coefficient (Wildman–Crippen LogP) is 4.49. The zero-order valence-corrected chi connectivity index (χ0v) is 12.6. The van der Waals surface area contributed by atoms with Gasteiger partial charge in [-0.15, -0.1) is 0 Å². The van der Waals surface area contributed by atoms with Gasteiger partial charge >= 0.3 is 0 Å². The third kappa shape index (κ3) is 2.24. The molecule has 3 rings (SSSR count). The molecular formula is C16H13BrFNO. The van der Waals surface area contributed by atoms with Crippen molar-refractivity contribution in [2.75, 3.05) is 11.4 Å². The smallest absolute Gasteiger partial charge is 0.159 e. The third-order valence-corrected chi connectivity index (χ3v) is 4.22. The summed E-state index contributed by atoms with van der Waals surface area (Å²) in [5.41, 5.74) is 3.67. The fourth-order valence-electron chi connectivity index (χ4n) is 2.55. The van der Waals surface area contributed by atoms with Crippen molar-refractivity contribution in [1.82, 2.24) is 0 Å². The van der Waals surface area contributed by atoms with Crippen LogP contribution in [-0.2, 0) is 6.42 Å². The zero-order valence-electron chi connectivity index (χ0n) is 11.0. The first-order valence-corrected chi connectivity index (χ1v) is 7.22. The molecule has 4 heteroatoms. The van der Waals surface area contributed by atoms with Crippen molar-refractivity contribution in [3.8, 4) is 0 Å². The van der Waals surface area contributed by atoms with E-state index in [2.05, 4.69) is 20.8 Å². The highest BCUT2D eigenvalue weighted by Crippen LogP contribution is 2.38. The molecule has 0 N–H and O–H groups in total. The number of hydrogen-bond donors (Lipinski definition) is 0. The Hall–Kier alpha value is -1.68. The number of nitrogens with zero attached hydrogens (tertiary/aromatic N) is 1. The van der Waals surface area contributed by atoms with Crippen LogP contribution in [0.5, 0.6) is 0 Å². The summed E-state index contributed by atoms with van der Waals surface area (Å²) < 4.78 is 14.3. The number of Topliss-reactive ketones (excluding diaryl/α,β-unsaturated/α-hetero) is 1. The molecule has 0 spiro atoms. The minimum Gasteiger partial charge on any atom is -0.340 e. The van der Waals surface area contributed by atoms with Gasteiger partial charge < -0.3 is 4.90 Å². The van der Waals surface area contributed by atoms with E-state index in [0.717, 1.165) is 34.4 Å². The van der Waals surface area contributed by atoms with E-state index in [9.17, 15) is 9.18 Å². The van der Waals surface area contributed by atoms with E-state index in [-0.39, 0.29) is 11.6 Å². The van der Waals surface area contributed by atoms with Crippen molar-refractivity contribution in [1.29, 1.82) is 0 Å². The molecule has 0 aromatic heterocycles. The van der Waals surface area contributed by atoms with E-state index in [1.54, 1.807) is 19.1 Å². The van der Waals surface area contributed by atoms with Gasteiger partial charge in [0.25, 0.3) is 0 Å². The molecule has 1 aliphatic heterocycles. The molecule has 0 radical (unpaired) electrons. The Bertz CT molecular complexity index is 699. The number of halogens is 2. The number of anilines is 2. The minimum atomic E-state index is -0.230. The van der Waals surface area contributed by atoms with E-state index in [4.69, 9.17) is 0 Å². The number of rotatable bonds is 2. The molecule has 2 aromatic carbocycles. The number of ketones is 1. The van der Waals surface area contributed by atoms with E-state index in [1.165, 1.54) is 6.07 Å². The summed E-state index contributed by atoms with van der Waals surface area (Å²) >= 11 is 3.51. The number of hydrogen-bond acceptors (Lipinski definition) is 2. The van der Waals surface area contributed by atoms with Crippen LogP contribution in [0.4, 0.5) is 15.8 Å². The molecule has 0 bridgehead atoms. The van der Waals surface area contributed by atoms with Crippen LogP contribution >= 0.6 is 15.9 Å². The molecule has 0 fully saturated rings. The topological polar surface area (TPSA) is 20.3 Å². The maximum atomic E-state index is 13.4. The van der Waals surface area contributed by atoms with Crippen molar-refractivity contribution < 1.29 is 9.18 Å². The third-order valence-electron chi connectivity index (χ3n) is 3.59.